The number of benzene rings is 1. The van der Waals surface area contributed by atoms with Crippen LogP contribution in [0.1, 0.15) is 37.2 Å². The third kappa shape index (κ3) is 3.45. The van der Waals surface area contributed by atoms with E-state index in [0.29, 0.717) is 30.4 Å². The Labute approximate surface area is 157 Å². The topological polar surface area (TPSA) is 88.3 Å². The van der Waals surface area contributed by atoms with Gasteiger partial charge < -0.3 is 9.42 Å². The monoisotopic (exact) mass is 386 g/mol. The molecule has 9 heteroatoms. The van der Waals surface area contributed by atoms with E-state index in [1.807, 2.05) is 0 Å². The minimum atomic E-state index is -0.534. The Morgan fingerprint density at radius 3 is 2.89 bits per heavy atom. The van der Waals surface area contributed by atoms with Gasteiger partial charge in [0.1, 0.15) is 11.6 Å². The summed E-state index contributed by atoms with van der Waals surface area (Å²) in [5.74, 6) is -0.748. The van der Waals surface area contributed by atoms with Crippen LogP contribution < -0.4 is 5.32 Å². The summed E-state index contributed by atoms with van der Waals surface area (Å²) in [7, 11) is 0. The number of hydrogen-bond acceptors (Lipinski definition) is 6. The number of fused-ring (bicyclic) bond motifs is 1. The average molecular weight is 386 g/mol. The summed E-state index contributed by atoms with van der Waals surface area (Å²) in [5, 5.41) is 6.80. The standard InChI is InChI=1S/C18H15FN4O3S/c1-10-8-14(22-26-10)16(24)21-18-20-13-6-7-23(9-15(13)27-18)17(25)11-4-2-3-5-12(11)19/h2-5,8H,6-7,9H2,1H3,(H,20,21,24). The molecule has 0 atom stereocenters. The molecule has 7 nitrogen and oxygen atoms in total. The number of carbonyl (C=O) groups excluding carboxylic acids is 2. The lowest BCUT2D eigenvalue weighted by atomic mass is 10.1. The number of thiazole rings is 1. The van der Waals surface area contributed by atoms with Crippen molar-refractivity contribution >= 4 is 28.3 Å². The molecule has 27 heavy (non-hydrogen) atoms. The highest BCUT2D eigenvalue weighted by molar-refractivity contribution is 7.15. The van der Waals surface area contributed by atoms with Crippen molar-refractivity contribution in [3.05, 3.63) is 63.7 Å². The summed E-state index contributed by atoms with van der Waals surface area (Å²) in [6.07, 6.45) is 0.547. The van der Waals surface area contributed by atoms with E-state index in [-0.39, 0.29) is 17.2 Å². The van der Waals surface area contributed by atoms with Crippen molar-refractivity contribution in [1.29, 1.82) is 0 Å². The highest BCUT2D eigenvalue weighted by atomic mass is 32.1. The van der Waals surface area contributed by atoms with Gasteiger partial charge in [0.15, 0.2) is 10.8 Å². The molecule has 1 aliphatic heterocycles. The lowest BCUT2D eigenvalue weighted by Crippen LogP contribution is -2.35. The molecule has 1 N–H and O–H groups in total. The summed E-state index contributed by atoms with van der Waals surface area (Å²) in [6, 6.07) is 7.48. The molecule has 4 rings (SSSR count). The lowest BCUT2D eigenvalue weighted by Gasteiger charge is -2.26. The number of nitrogens with zero attached hydrogens (tertiary/aromatic N) is 3. The average Bonchev–Trinajstić information content (AvgIpc) is 3.26. The summed E-state index contributed by atoms with van der Waals surface area (Å²) in [5.41, 5.74) is 1.07. The van der Waals surface area contributed by atoms with Gasteiger partial charge in [-0.3, -0.25) is 14.9 Å². The predicted molar refractivity (Wildman–Crippen MR) is 96.2 cm³/mol. The van der Waals surface area contributed by atoms with Crippen LogP contribution in [-0.2, 0) is 13.0 Å². The quantitative estimate of drug-likeness (QED) is 0.747. The van der Waals surface area contributed by atoms with E-state index in [0.717, 1.165) is 10.6 Å². The minimum absolute atomic E-state index is 0.0559. The van der Waals surface area contributed by atoms with Gasteiger partial charge in [-0.1, -0.05) is 28.6 Å². The van der Waals surface area contributed by atoms with Crippen LogP contribution in [0.3, 0.4) is 0 Å². The molecule has 0 saturated heterocycles. The Hall–Kier alpha value is -3.07. The number of hydrogen-bond donors (Lipinski definition) is 1. The summed E-state index contributed by atoms with van der Waals surface area (Å²) in [6.45, 7) is 2.48. The van der Waals surface area contributed by atoms with E-state index in [9.17, 15) is 14.0 Å². The van der Waals surface area contributed by atoms with Gasteiger partial charge in [-0.05, 0) is 19.1 Å². The van der Waals surface area contributed by atoms with Gasteiger partial charge in [0.05, 0.1) is 17.8 Å². The first kappa shape index (κ1) is 17.3. The largest absolute Gasteiger partial charge is 0.361 e. The van der Waals surface area contributed by atoms with Crippen LogP contribution in [0.2, 0.25) is 0 Å². The van der Waals surface area contributed by atoms with Crippen LogP contribution in [-0.4, -0.2) is 33.4 Å². The third-order valence-corrected chi connectivity index (χ3v) is 5.20. The predicted octanol–water partition coefficient (Wildman–Crippen LogP) is 3.03. The number of nitrogens with one attached hydrogen (secondary N) is 1. The fourth-order valence-corrected chi connectivity index (χ4v) is 3.88. The zero-order chi connectivity index (χ0) is 19.0. The van der Waals surface area contributed by atoms with Crippen molar-refractivity contribution in [3.63, 3.8) is 0 Å². The first-order valence-corrected chi connectivity index (χ1v) is 9.10. The van der Waals surface area contributed by atoms with Crippen LogP contribution in [0.4, 0.5) is 9.52 Å². The van der Waals surface area contributed by atoms with E-state index < -0.39 is 11.7 Å². The number of rotatable bonds is 3. The normalized spacial score (nSPS) is 13.3. The number of aromatic nitrogens is 2. The molecule has 1 aromatic carbocycles. The van der Waals surface area contributed by atoms with E-state index in [2.05, 4.69) is 15.5 Å². The van der Waals surface area contributed by atoms with Gasteiger partial charge in [0.2, 0.25) is 0 Å². The second-order valence-electron chi connectivity index (χ2n) is 6.12. The molecular formula is C18H15FN4O3S. The first-order chi connectivity index (χ1) is 13.0. The number of amides is 2. The highest BCUT2D eigenvalue weighted by Gasteiger charge is 2.27. The SMILES string of the molecule is Cc1cc(C(=O)Nc2nc3c(s2)CN(C(=O)c2ccccc2F)CC3)no1. The van der Waals surface area contributed by atoms with Crippen LogP contribution in [0, 0.1) is 12.7 Å². The van der Waals surface area contributed by atoms with Crippen molar-refractivity contribution in [2.24, 2.45) is 0 Å². The van der Waals surface area contributed by atoms with Crippen molar-refractivity contribution in [1.82, 2.24) is 15.0 Å². The maximum atomic E-state index is 13.9. The van der Waals surface area contributed by atoms with E-state index >= 15 is 0 Å². The Kier molecular flexibility index (Phi) is 4.44. The molecule has 0 aliphatic carbocycles. The van der Waals surface area contributed by atoms with Crippen LogP contribution in [0.25, 0.3) is 0 Å². The highest BCUT2D eigenvalue weighted by Crippen LogP contribution is 2.29. The second kappa shape index (κ2) is 6.92. The molecule has 2 amide bonds. The molecule has 2 aromatic heterocycles. The van der Waals surface area contributed by atoms with Crippen molar-refractivity contribution in [2.45, 2.75) is 19.9 Å². The summed E-state index contributed by atoms with van der Waals surface area (Å²) < 4.78 is 18.8. The molecule has 3 aromatic rings. The van der Waals surface area contributed by atoms with Crippen LogP contribution in [0.15, 0.2) is 34.9 Å². The van der Waals surface area contributed by atoms with Crippen molar-refractivity contribution < 1.29 is 18.5 Å². The Morgan fingerprint density at radius 1 is 1.33 bits per heavy atom. The number of anilines is 1. The molecular weight excluding hydrogens is 371 g/mol. The molecule has 0 unspecified atom stereocenters. The van der Waals surface area contributed by atoms with Gasteiger partial charge in [-0.25, -0.2) is 9.37 Å². The second-order valence-corrected chi connectivity index (χ2v) is 7.21. The van der Waals surface area contributed by atoms with Gasteiger partial charge in [-0.2, -0.15) is 0 Å². The molecule has 0 spiro atoms. The van der Waals surface area contributed by atoms with Crippen molar-refractivity contribution in [2.75, 3.05) is 11.9 Å². The van der Waals surface area contributed by atoms with E-state index in [4.69, 9.17) is 4.52 Å². The fourth-order valence-electron chi connectivity index (χ4n) is 2.86. The Bertz CT molecular complexity index is 1030. The molecule has 0 fully saturated rings. The Morgan fingerprint density at radius 2 is 2.15 bits per heavy atom. The summed E-state index contributed by atoms with van der Waals surface area (Å²) in [4.78, 5) is 31.6. The third-order valence-electron chi connectivity index (χ3n) is 4.20. The molecule has 0 saturated carbocycles. The number of carbonyl (C=O) groups is 2. The molecule has 0 radical (unpaired) electrons. The van der Waals surface area contributed by atoms with Crippen LogP contribution >= 0.6 is 11.3 Å². The fraction of sp³-hybridized carbons (Fsp3) is 0.222. The van der Waals surface area contributed by atoms with Crippen molar-refractivity contribution in [3.8, 4) is 0 Å². The smallest absolute Gasteiger partial charge is 0.279 e. The minimum Gasteiger partial charge on any atom is -0.361 e. The Balaban J connectivity index is 1.48. The van der Waals surface area contributed by atoms with Gasteiger partial charge in [0, 0.05) is 23.9 Å². The maximum Gasteiger partial charge on any atom is 0.279 e. The molecule has 138 valence electrons. The lowest BCUT2D eigenvalue weighted by molar-refractivity contribution is 0.0731. The zero-order valence-corrected chi connectivity index (χ0v) is 15.2. The first-order valence-electron chi connectivity index (χ1n) is 8.28. The molecule has 1 aliphatic rings. The maximum absolute atomic E-state index is 13.9. The van der Waals surface area contributed by atoms with Crippen LogP contribution in [0.5, 0.6) is 0 Å². The van der Waals surface area contributed by atoms with Gasteiger partial charge in [-0.15, -0.1) is 0 Å². The van der Waals surface area contributed by atoms with E-state index in [1.54, 1.807) is 24.0 Å². The number of halogens is 1. The van der Waals surface area contributed by atoms with Gasteiger partial charge >= 0.3 is 0 Å². The molecule has 3 heterocycles. The molecule has 0 bridgehead atoms. The zero-order valence-electron chi connectivity index (χ0n) is 14.4. The number of aryl methyl sites for hydroxylation is 1. The summed E-state index contributed by atoms with van der Waals surface area (Å²) >= 11 is 1.30. The van der Waals surface area contributed by atoms with Gasteiger partial charge in [0.25, 0.3) is 11.8 Å². The van der Waals surface area contributed by atoms with E-state index in [1.165, 1.54) is 29.5 Å².